The van der Waals surface area contributed by atoms with Crippen LogP contribution >= 0.6 is 0 Å². The summed E-state index contributed by atoms with van der Waals surface area (Å²) in [7, 11) is 0.903. The molecule has 6 heteroatoms. The Kier molecular flexibility index (Phi) is 4.99. The van der Waals surface area contributed by atoms with Crippen LogP contribution in [0, 0.1) is 0 Å². The lowest BCUT2D eigenvalue weighted by Crippen LogP contribution is -2.41. The SMILES string of the molecule is COc1ccc(C=O)c(C=C(CO)B2OC(C)(C)C(C)(C)O2)c1. The van der Waals surface area contributed by atoms with Crippen LogP contribution in [-0.4, -0.2) is 43.4 Å². The minimum Gasteiger partial charge on any atom is -0.497 e. The van der Waals surface area contributed by atoms with Gasteiger partial charge < -0.3 is 19.2 Å². The van der Waals surface area contributed by atoms with Crippen LogP contribution in [-0.2, 0) is 9.31 Å². The fourth-order valence-electron chi connectivity index (χ4n) is 2.29. The van der Waals surface area contributed by atoms with Crippen LogP contribution < -0.4 is 4.74 Å². The summed E-state index contributed by atoms with van der Waals surface area (Å²) in [6.45, 7) is 7.57. The Balaban J connectivity index is 2.39. The molecule has 1 N–H and O–H groups in total. The van der Waals surface area contributed by atoms with E-state index in [1.165, 1.54) is 0 Å². The summed E-state index contributed by atoms with van der Waals surface area (Å²) in [5.41, 5.74) is 0.730. The van der Waals surface area contributed by atoms with Crippen molar-refractivity contribution in [3.8, 4) is 5.75 Å². The largest absolute Gasteiger partial charge is 0.497 e. The van der Waals surface area contributed by atoms with E-state index in [9.17, 15) is 9.90 Å². The molecule has 2 rings (SSSR count). The Bertz CT molecular complexity index is 605. The molecule has 0 aliphatic carbocycles. The van der Waals surface area contributed by atoms with E-state index < -0.39 is 18.3 Å². The molecule has 0 spiro atoms. The molecule has 0 saturated carbocycles. The van der Waals surface area contributed by atoms with Crippen molar-refractivity contribution < 1.29 is 23.9 Å². The molecule has 124 valence electrons. The quantitative estimate of drug-likeness (QED) is 0.667. The van der Waals surface area contributed by atoms with Gasteiger partial charge >= 0.3 is 7.12 Å². The van der Waals surface area contributed by atoms with Gasteiger partial charge in [0.25, 0.3) is 0 Å². The van der Waals surface area contributed by atoms with Crippen LogP contribution in [0.1, 0.15) is 43.6 Å². The number of carbonyl (C=O) groups is 1. The molecule has 1 aliphatic rings. The third kappa shape index (κ3) is 3.49. The minimum atomic E-state index is -0.657. The zero-order chi connectivity index (χ0) is 17.3. The Hall–Kier alpha value is -1.63. The van der Waals surface area contributed by atoms with Gasteiger partial charge in [-0.15, -0.1) is 0 Å². The van der Waals surface area contributed by atoms with Crippen LogP contribution in [0.15, 0.2) is 23.7 Å². The van der Waals surface area contributed by atoms with Crippen molar-refractivity contribution in [2.24, 2.45) is 0 Å². The van der Waals surface area contributed by atoms with Crippen LogP contribution in [0.4, 0.5) is 0 Å². The van der Waals surface area contributed by atoms with E-state index >= 15 is 0 Å². The fourth-order valence-corrected chi connectivity index (χ4v) is 2.29. The summed E-state index contributed by atoms with van der Waals surface area (Å²) in [6.07, 6.45) is 2.49. The number of hydrogen-bond donors (Lipinski definition) is 1. The molecule has 1 aromatic carbocycles. The van der Waals surface area contributed by atoms with Crippen molar-refractivity contribution in [3.63, 3.8) is 0 Å². The van der Waals surface area contributed by atoms with Crippen LogP contribution in [0.25, 0.3) is 6.08 Å². The maximum Gasteiger partial charge on any atom is 0.492 e. The Morgan fingerprint density at radius 1 is 1.22 bits per heavy atom. The number of carbonyl (C=O) groups excluding carboxylic acids is 1. The van der Waals surface area contributed by atoms with Gasteiger partial charge in [0.05, 0.1) is 24.9 Å². The molecule has 1 aromatic rings. The summed E-state index contributed by atoms with van der Waals surface area (Å²) in [6, 6.07) is 5.13. The molecule has 0 radical (unpaired) electrons. The van der Waals surface area contributed by atoms with Gasteiger partial charge in [0.15, 0.2) is 6.29 Å². The highest BCUT2D eigenvalue weighted by Gasteiger charge is 2.52. The molecule has 1 heterocycles. The van der Waals surface area contributed by atoms with Crippen molar-refractivity contribution in [1.82, 2.24) is 0 Å². The first-order chi connectivity index (χ1) is 10.7. The number of aliphatic hydroxyl groups is 1. The molecule has 0 aromatic heterocycles. The molecule has 1 aliphatic heterocycles. The molecule has 0 unspecified atom stereocenters. The van der Waals surface area contributed by atoms with Gasteiger partial charge in [-0.3, -0.25) is 4.79 Å². The van der Waals surface area contributed by atoms with E-state index in [0.717, 1.165) is 6.29 Å². The van der Waals surface area contributed by atoms with Gasteiger partial charge in [0.2, 0.25) is 0 Å². The summed E-state index contributed by atoms with van der Waals surface area (Å²) < 4.78 is 17.1. The first kappa shape index (κ1) is 17.7. The van der Waals surface area contributed by atoms with Gasteiger partial charge in [-0.1, -0.05) is 6.08 Å². The number of aliphatic hydroxyl groups excluding tert-OH is 1. The summed E-state index contributed by atoms with van der Waals surface area (Å²) >= 11 is 0. The third-order valence-electron chi connectivity index (χ3n) is 4.50. The zero-order valence-corrected chi connectivity index (χ0v) is 14.3. The summed E-state index contributed by atoms with van der Waals surface area (Å²) in [5, 5.41) is 9.73. The topological polar surface area (TPSA) is 65.0 Å². The molecular formula is C17H23BO5. The van der Waals surface area contributed by atoms with Crippen LogP contribution in [0.3, 0.4) is 0 Å². The Labute approximate surface area is 137 Å². The minimum absolute atomic E-state index is 0.230. The van der Waals surface area contributed by atoms with Gasteiger partial charge in [0, 0.05) is 5.56 Å². The monoisotopic (exact) mass is 318 g/mol. The Morgan fingerprint density at radius 2 is 1.83 bits per heavy atom. The van der Waals surface area contributed by atoms with Gasteiger partial charge in [-0.2, -0.15) is 0 Å². The lowest BCUT2D eigenvalue weighted by atomic mass is 9.77. The first-order valence-corrected chi connectivity index (χ1v) is 7.54. The smallest absolute Gasteiger partial charge is 0.492 e. The second-order valence-corrected chi connectivity index (χ2v) is 6.58. The zero-order valence-electron chi connectivity index (χ0n) is 14.3. The van der Waals surface area contributed by atoms with E-state index in [1.54, 1.807) is 31.4 Å². The molecule has 1 saturated heterocycles. The average molecular weight is 318 g/mol. The van der Waals surface area contributed by atoms with Crippen molar-refractivity contribution in [2.75, 3.05) is 13.7 Å². The number of rotatable bonds is 5. The van der Waals surface area contributed by atoms with Crippen molar-refractivity contribution in [2.45, 2.75) is 38.9 Å². The molecular weight excluding hydrogens is 295 g/mol. The molecule has 0 amide bonds. The van der Waals surface area contributed by atoms with Crippen molar-refractivity contribution >= 4 is 19.5 Å². The van der Waals surface area contributed by atoms with Crippen LogP contribution in [0.5, 0.6) is 5.75 Å². The summed E-state index contributed by atoms with van der Waals surface area (Å²) in [5.74, 6) is 0.632. The third-order valence-corrected chi connectivity index (χ3v) is 4.50. The predicted octanol–water partition coefficient (Wildman–Crippen LogP) is 2.51. The standard InChI is InChI=1S/C17H23BO5/c1-16(2)17(3,4)23-18(22-16)14(11-20)8-13-9-15(21-5)7-6-12(13)10-19/h6-10,20H,11H2,1-5H3. The van der Waals surface area contributed by atoms with Gasteiger partial charge in [-0.25, -0.2) is 0 Å². The number of methoxy groups -OCH3 is 1. The molecule has 1 fully saturated rings. The molecule has 23 heavy (non-hydrogen) atoms. The number of benzene rings is 1. The second-order valence-electron chi connectivity index (χ2n) is 6.58. The van der Waals surface area contributed by atoms with E-state index in [1.807, 2.05) is 27.7 Å². The first-order valence-electron chi connectivity index (χ1n) is 7.54. The average Bonchev–Trinajstić information content (AvgIpc) is 2.72. The highest BCUT2D eigenvalue weighted by atomic mass is 16.7. The fraction of sp³-hybridized carbons (Fsp3) is 0.471. The number of ether oxygens (including phenoxy) is 1. The van der Waals surface area contributed by atoms with Crippen molar-refractivity contribution in [1.29, 1.82) is 0 Å². The molecule has 0 bridgehead atoms. The van der Waals surface area contributed by atoms with Gasteiger partial charge in [0.1, 0.15) is 5.75 Å². The highest BCUT2D eigenvalue weighted by Crippen LogP contribution is 2.38. The van der Waals surface area contributed by atoms with Crippen molar-refractivity contribution in [3.05, 3.63) is 34.8 Å². The van der Waals surface area contributed by atoms with Gasteiger partial charge in [-0.05, 0) is 56.9 Å². The molecule has 5 nitrogen and oxygen atoms in total. The highest BCUT2D eigenvalue weighted by molar-refractivity contribution is 6.55. The maximum atomic E-state index is 11.2. The number of aldehydes is 1. The van der Waals surface area contributed by atoms with E-state index in [-0.39, 0.29) is 6.61 Å². The lowest BCUT2D eigenvalue weighted by molar-refractivity contribution is 0.00578. The lowest BCUT2D eigenvalue weighted by Gasteiger charge is -2.32. The van der Waals surface area contributed by atoms with Crippen LogP contribution in [0.2, 0.25) is 0 Å². The number of hydrogen-bond acceptors (Lipinski definition) is 5. The molecule has 0 atom stereocenters. The maximum absolute atomic E-state index is 11.2. The van der Waals surface area contributed by atoms with E-state index in [2.05, 4.69) is 0 Å². The Morgan fingerprint density at radius 3 is 2.30 bits per heavy atom. The summed E-state index contributed by atoms with van der Waals surface area (Å²) in [4.78, 5) is 11.2. The van der Waals surface area contributed by atoms with E-state index in [0.29, 0.717) is 22.3 Å². The normalized spacial score (nSPS) is 19.7. The van der Waals surface area contributed by atoms with E-state index in [4.69, 9.17) is 14.0 Å². The predicted molar refractivity (Wildman–Crippen MR) is 89.5 cm³/mol. The second kappa shape index (κ2) is 6.47.